The molecule has 27 heavy (non-hydrogen) atoms. The van der Waals surface area contributed by atoms with Gasteiger partial charge in [0.2, 0.25) is 0 Å². The molecule has 0 aliphatic rings. The fraction of sp³-hybridized carbons (Fsp3) is 0.0500. The summed E-state index contributed by atoms with van der Waals surface area (Å²) < 4.78 is 0. The van der Waals surface area contributed by atoms with Crippen molar-refractivity contribution in [1.29, 1.82) is 0 Å². The maximum Gasteiger partial charge on any atom is 0.256 e. The van der Waals surface area contributed by atoms with E-state index in [-0.39, 0.29) is 33.0 Å². The van der Waals surface area contributed by atoms with Crippen molar-refractivity contribution in [3.8, 4) is 28.7 Å². The van der Waals surface area contributed by atoms with Crippen molar-refractivity contribution in [2.75, 3.05) is 0 Å². The summed E-state index contributed by atoms with van der Waals surface area (Å²) in [6.45, 7) is 1.76. The van der Waals surface area contributed by atoms with Gasteiger partial charge in [-0.3, -0.25) is 4.79 Å². The van der Waals surface area contributed by atoms with E-state index < -0.39 is 28.7 Å². The van der Waals surface area contributed by atoms with Gasteiger partial charge in [-0.15, -0.1) is 0 Å². The second kappa shape index (κ2) is 5.31. The van der Waals surface area contributed by atoms with Gasteiger partial charge in [0.15, 0.2) is 0 Å². The van der Waals surface area contributed by atoms with Crippen molar-refractivity contribution in [2.45, 2.75) is 6.92 Å². The molecule has 4 rings (SSSR count). The Hall–Kier alpha value is -3.87. The van der Waals surface area contributed by atoms with Crippen LogP contribution in [0, 0.1) is 6.92 Å². The Bertz CT molecular complexity index is 1310. The smallest absolute Gasteiger partial charge is 0.256 e. The molecule has 0 unspecified atom stereocenters. The summed E-state index contributed by atoms with van der Waals surface area (Å²) in [6.07, 6.45) is 0. The lowest BCUT2D eigenvalue weighted by molar-refractivity contribution is 0.0995. The molecule has 4 aromatic rings. The summed E-state index contributed by atoms with van der Waals surface area (Å²) in [6, 6.07) is 7.53. The molecule has 0 aliphatic carbocycles. The summed E-state index contributed by atoms with van der Waals surface area (Å²) in [7, 11) is 0. The second-order valence-corrected chi connectivity index (χ2v) is 6.40. The predicted octanol–water partition coefficient (Wildman–Crippen LogP) is 3.08. The van der Waals surface area contributed by atoms with E-state index in [1.165, 1.54) is 12.1 Å². The van der Waals surface area contributed by atoms with Gasteiger partial charge in [0.1, 0.15) is 34.3 Å². The first-order valence-corrected chi connectivity index (χ1v) is 8.01. The first kappa shape index (κ1) is 16.6. The average molecular weight is 365 g/mol. The van der Waals surface area contributed by atoms with E-state index in [4.69, 9.17) is 5.73 Å². The van der Waals surface area contributed by atoms with Crippen molar-refractivity contribution in [1.82, 2.24) is 0 Å². The number of aromatic hydroxyl groups is 5. The molecule has 0 saturated carbocycles. The van der Waals surface area contributed by atoms with Crippen LogP contribution in [0.1, 0.15) is 15.9 Å². The molecule has 0 bridgehead atoms. The molecular weight excluding hydrogens is 350 g/mol. The van der Waals surface area contributed by atoms with Gasteiger partial charge in [-0.1, -0.05) is 12.1 Å². The lowest BCUT2D eigenvalue weighted by Gasteiger charge is -2.16. The largest absolute Gasteiger partial charge is 0.507 e. The number of hydrogen-bond acceptors (Lipinski definition) is 6. The number of phenolic OH excluding ortho intramolecular Hbond substituents is 3. The van der Waals surface area contributed by atoms with Crippen LogP contribution in [0.5, 0.6) is 28.7 Å². The number of amides is 1. The molecule has 0 heterocycles. The van der Waals surface area contributed by atoms with Gasteiger partial charge in [0.05, 0.1) is 16.2 Å². The van der Waals surface area contributed by atoms with Crippen molar-refractivity contribution in [3.63, 3.8) is 0 Å². The first-order valence-electron chi connectivity index (χ1n) is 8.01. The summed E-state index contributed by atoms with van der Waals surface area (Å²) >= 11 is 0. The Morgan fingerprint density at radius 2 is 1.48 bits per heavy atom. The van der Waals surface area contributed by atoms with E-state index in [1.54, 1.807) is 25.1 Å². The van der Waals surface area contributed by atoms with Gasteiger partial charge in [-0.25, -0.2) is 0 Å². The molecule has 0 fully saturated rings. The quantitative estimate of drug-likeness (QED) is 0.286. The van der Waals surface area contributed by atoms with E-state index in [0.29, 0.717) is 16.3 Å². The standard InChI is InChI=1S/C20H15NO6/c1-7-9-3-2-4-11(22)14(9)19(26)15-10(7)5-8-6-12(23)16(20(21)27)18(25)13(8)17(15)24/h2-6,22-26H,1H3,(H2,21,27). The van der Waals surface area contributed by atoms with Crippen LogP contribution in [0.2, 0.25) is 0 Å². The van der Waals surface area contributed by atoms with Gasteiger partial charge in [0, 0.05) is 0 Å². The summed E-state index contributed by atoms with van der Waals surface area (Å²) in [5.41, 5.74) is 5.33. The van der Waals surface area contributed by atoms with Crippen molar-refractivity contribution in [2.24, 2.45) is 5.73 Å². The lowest BCUT2D eigenvalue weighted by atomic mass is 9.91. The molecular formula is C20H15NO6. The highest BCUT2D eigenvalue weighted by Gasteiger charge is 2.24. The highest BCUT2D eigenvalue weighted by atomic mass is 16.3. The Morgan fingerprint density at radius 3 is 2.15 bits per heavy atom. The first-order chi connectivity index (χ1) is 12.7. The number of primary amides is 1. The molecule has 7 nitrogen and oxygen atoms in total. The maximum absolute atomic E-state index is 11.5. The van der Waals surface area contributed by atoms with Crippen LogP contribution >= 0.6 is 0 Å². The number of rotatable bonds is 1. The van der Waals surface area contributed by atoms with Crippen LogP contribution in [0.15, 0.2) is 30.3 Å². The van der Waals surface area contributed by atoms with E-state index in [2.05, 4.69) is 0 Å². The number of aryl methyl sites for hydroxylation is 1. The summed E-state index contributed by atoms with van der Waals surface area (Å²) in [5.74, 6) is -3.30. The van der Waals surface area contributed by atoms with Crippen LogP contribution < -0.4 is 5.73 Å². The number of carbonyl (C=O) groups is 1. The summed E-state index contributed by atoms with van der Waals surface area (Å²) in [5, 5.41) is 53.5. The van der Waals surface area contributed by atoms with E-state index in [0.717, 1.165) is 0 Å². The van der Waals surface area contributed by atoms with Gasteiger partial charge in [-0.05, 0) is 46.8 Å². The van der Waals surface area contributed by atoms with Gasteiger partial charge >= 0.3 is 0 Å². The number of carbonyl (C=O) groups excluding carboxylic acids is 1. The van der Waals surface area contributed by atoms with Crippen molar-refractivity contribution < 1.29 is 30.3 Å². The van der Waals surface area contributed by atoms with Gasteiger partial charge in [0.25, 0.3) is 5.91 Å². The van der Waals surface area contributed by atoms with E-state index in [9.17, 15) is 30.3 Å². The molecule has 0 spiro atoms. The van der Waals surface area contributed by atoms with Crippen molar-refractivity contribution >= 4 is 38.2 Å². The SMILES string of the molecule is Cc1c2cccc(O)c2c(O)c2c(O)c3c(O)c(C(N)=O)c(O)cc3cc12. The molecule has 0 aliphatic heterocycles. The zero-order valence-corrected chi connectivity index (χ0v) is 14.1. The normalized spacial score (nSPS) is 11.4. The average Bonchev–Trinajstić information content (AvgIpc) is 2.58. The highest BCUT2D eigenvalue weighted by molar-refractivity contribution is 6.19. The van der Waals surface area contributed by atoms with Crippen molar-refractivity contribution in [3.05, 3.63) is 41.5 Å². The third kappa shape index (κ3) is 2.05. The zero-order chi connectivity index (χ0) is 19.6. The van der Waals surface area contributed by atoms with Crippen LogP contribution in [-0.2, 0) is 0 Å². The van der Waals surface area contributed by atoms with Crippen LogP contribution in [-0.4, -0.2) is 31.4 Å². The topological polar surface area (TPSA) is 144 Å². The fourth-order valence-corrected chi connectivity index (χ4v) is 3.67. The second-order valence-electron chi connectivity index (χ2n) is 6.40. The monoisotopic (exact) mass is 365 g/mol. The molecule has 0 aromatic heterocycles. The van der Waals surface area contributed by atoms with E-state index in [1.807, 2.05) is 0 Å². The number of fused-ring (bicyclic) bond motifs is 3. The highest BCUT2D eigenvalue weighted by Crippen LogP contribution is 2.50. The molecule has 0 radical (unpaired) electrons. The minimum absolute atomic E-state index is 0.00501. The zero-order valence-electron chi connectivity index (χ0n) is 14.1. The Morgan fingerprint density at radius 1 is 0.815 bits per heavy atom. The molecule has 136 valence electrons. The molecule has 4 aromatic carbocycles. The Labute approximate surface area is 152 Å². The van der Waals surface area contributed by atoms with Gasteiger partial charge < -0.3 is 31.3 Å². The Balaban J connectivity index is 2.33. The third-order valence-corrected chi connectivity index (χ3v) is 4.92. The number of hydrogen-bond donors (Lipinski definition) is 6. The van der Waals surface area contributed by atoms with Crippen LogP contribution in [0.4, 0.5) is 0 Å². The fourth-order valence-electron chi connectivity index (χ4n) is 3.67. The van der Waals surface area contributed by atoms with Crippen LogP contribution in [0.25, 0.3) is 32.3 Å². The molecule has 0 atom stereocenters. The minimum atomic E-state index is -1.07. The number of phenols is 5. The molecule has 0 saturated heterocycles. The van der Waals surface area contributed by atoms with E-state index >= 15 is 0 Å². The van der Waals surface area contributed by atoms with Crippen LogP contribution in [0.3, 0.4) is 0 Å². The molecule has 7 heteroatoms. The maximum atomic E-state index is 11.5. The molecule has 1 amide bonds. The number of benzene rings is 4. The Kier molecular flexibility index (Phi) is 3.26. The third-order valence-electron chi connectivity index (χ3n) is 4.92. The lowest BCUT2D eigenvalue weighted by Crippen LogP contribution is -2.11. The summed E-state index contributed by atoms with van der Waals surface area (Å²) in [4.78, 5) is 11.5. The molecule has 7 N–H and O–H groups in total. The minimum Gasteiger partial charge on any atom is -0.507 e. The number of nitrogens with two attached hydrogens (primary N) is 1. The predicted molar refractivity (Wildman–Crippen MR) is 101 cm³/mol. The van der Waals surface area contributed by atoms with Gasteiger partial charge in [-0.2, -0.15) is 0 Å².